The molecule has 3 rings (SSSR count). The summed E-state index contributed by atoms with van der Waals surface area (Å²) in [6.45, 7) is 3.68. The fourth-order valence-corrected chi connectivity index (χ4v) is 3.14. The molecule has 1 aromatic carbocycles. The first-order chi connectivity index (χ1) is 10.3. The molecule has 0 saturated carbocycles. The molecule has 2 atom stereocenters. The van der Waals surface area contributed by atoms with Gasteiger partial charge in [0.25, 0.3) is 0 Å². The summed E-state index contributed by atoms with van der Waals surface area (Å²) in [5.74, 6) is 0.545. The van der Waals surface area contributed by atoms with Crippen molar-refractivity contribution in [2.45, 2.75) is 32.3 Å². The van der Waals surface area contributed by atoms with E-state index in [2.05, 4.69) is 17.2 Å². The van der Waals surface area contributed by atoms with Gasteiger partial charge < -0.3 is 15.0 Å². The number of H-pyrrole nitrogens is 1. The van der Waals surface area contributed by atoms with Gasteiger partial charge >= 0.3 is 0 Å². The number of carbonyl (C=O) groups excluding carboxylic acids is 1. The van der Waals surface area contributed by atoms with Gasteiger partial charge in [-0.25, -0.2) is 0 Å². The summed E-state index contributed by atoms with van der Waals surface area (Å²) in [5.41, 5.74) is 2.13. The van der Waals surface area contributed by atoms with E-state index in [-0.39, 0.29) is 5.91 Å². The van der Waals surface area contributed by atoms with E-state index >= 15 is 0 Å². The highest BCUT2D eigenvalue weighted by Gasteiger charge is 2.26. The van der Waals surface area contributed by atoms with Crippen molar-refractivity contribution in [2.24, 2.45) is 5.92 Å². The zero-order valence-corrected chi connectivity index (χ0v) is 12.4. The topological polar surface area (TPSA) is 54.1 Å². The fraction of sp³-hybridized carbons (Fsp3) is 0.471. The average Bonchev–Trinajstić information content (AvgIpc) is 3.12. The molecule has 2 heterocycles. The van der Waals surface area contributed by atoms with E-state index in [9.17, 15) is 4.79 Å². The van der Waals surface area contributed by atoms with Crippen molar-refractivity contribution in [1.29, 1.82) is 0 Å². The van der Waals surface area contributed by atoms with Crippen LogP contribution in [0, 0.1) is 5.92 Å². The summed E-state index contributed by atoms with van der Waals surface area (Å²) in [6.07, 6.45) is 4.72. The molecule has 0 aliphatic carbocycles. The van der Waals surface area contributed by atoms with Crippen molar-refractivity contribution in [3.05, 3.63) is 36.0 Å². The first-order valence-electron chi connectivity index (χ1n) is 7.71. The third kappa shape index (κ3) is 3.10. The second-order valence-corrected chi connectivity index (χ2v) is 5.71. The number of hydrogen-bond donors (Lipinski definition) is 2. The Hall–Kier alpha value is -1.81. The summed E-state index contributed by atoms with van der Waals surface area (Å²) in [5, 5.41) is 4.19. The van der Waals surface area contributed by atoms with Crippen LogP contribution in [-0.4, -0.2) is 30.1 Å². The predicted octanol–water partition coefficient (Wildman–Crippen LogP) is 2.64. The highest BCUT2D eigenvalue weighted by Crippen LogP contribution is 2.22. The van der Waals surface area contributed by atoms with Crippen molar-refractivity contribution in [3.8, 4) is 0 Å². The fourth-order valence-electron chi connectivity index (χ4n) is 3.14. The van der Waals surface area contributed by atoms with Gasteiger partial charge in [-0.1, -0.05) is 25.1 Å². The number of nitrogens with one attached hydrogen (secondary N) is 2. The van der Waals surface area contributed by atoms with E-state index in [4.69, 9.17) is 4.74 Å². The SMILES string of the molecule is CCC1OCCC1CNC(=O)Cc1c[nH]c2ccccc12. The quantitative estimate of drug-likeness (QED) is 0.888. The van der Waals surface area contributed by atoms with Crippen LogP contribution in [0.2, 0.25) is 0 Å². The number of fused-ring (bicyclic) bond motifs is 1. The molecule has 0 radical (unpaired) electrons. The number of amides is 1. The van der Waals surface area contributed by atoms with Gasteiger partial charge in [0.2, 0.25) is 5.91 Å². The Balaban J connectivity index is 1.57. The predicted molar refractivity (Wildman–Crippen MR) is 83.2 cm³/mol. The van der Waals surface area contributed by atoms with Gasteiger partial charge in [-0.15, -0.1) is 0 Å². The summed E-state index contributed by atoms with van der Waals surface area (Å²) >= 11 is 0. The summed E-state index contributed by atoms with van der Waals surface area (Å²) in [7, 11) is 0. The van der Waals surface area contributed by atoms with Gasteiger partial charge in [-0.2, -0.15) is 0 Å². The van der Waals surface area contributed by atoms with Crippen LogP contribution >= 0.6 is 0 Å². The zero-order valence-electron chi connectivity index (χ0n) is 12.4. The van der Waals surface area contributed by atoms with E-state index in [0.717, 1.165) is 42.5 Å². The van der Waals surface area contributed by atoms with Crippen LogP contribution in [0.1, 0.15) is 25.3 Å². The normalized spacial score (nSPS) is 21.8. The smallest absolute Gasteiger partial charge is 0.224 e. The van der Waals surface area contributed by atoms with Gasteiger partial charge in [0.1, 0.15) is 0 Å². The van der Waals surface area contributed by atoms with E-state index in [0.29, 0.717) is 18.4 Å². The molecule has 2 aromatic rings. The number of carbonyl (C=O) groups is 1. The Kier molecular flexibility index (Phi) is 4.25. The van der Waals surface area contributed by atoms with E-state index in [1.54, 1.807) is 0 Å². The van der Waals surface area contributed by atoms with Crippen LogP contribution in [0.15, 0.2) is 30.5 Å². The molecule has 1 aliphatic heterocycles. The molecule has 2 N–H and O–H groups in total. The van der Waals surface area contributed by atoms with Crippen molar-refractivity contribution in [2.75, 3.05) is 13.2 Å². The van der Waals surface area contributed by atoms with Gasteiger partial charge in [-0.3, -0.25) is 4.79 Å². The van der Waals surface area contributed by atoms with Crippen molar-refractivity contribution in [1.82, 2.24) is 10.3 Å². The maximum atomic E-state index is 12.1. The van der Waals surface area contributed by atoms with E-state index < -0.39 is 0 Å². The molecular formula is C17H22N2O2. The minimum atomic E-state index is 0.0847. The number of aromatic amines is 1. The maximum absolute atomic E-state index is 12.1. The molecular weight excluding hydrogens is 264 g/mol. The molecule has 0 bridgehead atoms. The summed E-state index contributed by atoms with van der Waals surface area (Å²) in [4.78, 5) is 15.3. The summed E-state index contributed by atoms with van der Waals surface area (Å²) in [6, 6.07) is 8.07. The first kappa shape index (κ1) is 14.1. The summed E-state index contributed by atoms with van der Waals surface area (Å²) < 4.78 is 5.65. The average molecular weight is 286 g/mol. The Morgan fingerprint density at radius 1 is 1.43 bits per heavy atom. The second kappa shape index (κ2) is 6.31. The minimum Gasteiger partial charge on any atom is -0.378 e. The minimum absolute atomic E-state index is 0.0847. The standard InChI is InChI=1S/C17H22N2O2/c1-2-16-12(7-8-21-16)10-19-17(20)9-13-11-18-15-6-4-3-5-14(13)15/h3-6,11-12,16,18H,2,7-10H2,1H3,(H,19,20). The Morgan fingerprint density at radius 3 is 3.14 bits per heavy atom. The number of ether oxygens (including phenoxy) is 1. The van der Waals surface area contributed by atoms with Gasteiger partial charge in [-0.05, 0) is 24.5 Å². The maximum Gasteiger partial charge on any atom is 0.224 e. The van der Waals surface area contributed by atoms with Crippen LogP contribution in [0.5, 0.6) is 0 Å². The molecule has 1 saturated heterocycles. The lowest BCUT2D eigenvalue weighted by Crippen LogP contribution is -2.33. The monoisotopic (exact) mass is 286 g/mol. The first-order valence-corrected chi connectivity index (χ1v) is 7.71. The molecule has 1 amide bonds. The number of aromatic nitrogens is 1. The van der Waals surface area contributed by atoms with Crippen LogP contribution in [-0.2, 0) is 16.0 Å². The lowest BCUT2D eigenvalue weighted by atomic mass is 9.99. The highest BCUT2D eigenvalue weighted by atomic mass is 16.5. The highest BCUT2D eigenvalue weighted by molar-refractivity contribution is 5.88. The molecule has 112 valence electrons. The molecule has 4 heteroatoms. The second-order valence-electron chi connectivity index (χ2n) is 5.71. The van der Waals surface area contributed by atoms with Crippen LogP contribution < -0.4 is 5.32 Å². The van der Waals surface area contributed by atoms with Crippen molar-refractivity contribution >= 4 is 16.8 Å². The largest absolute Gasteiger partial charge is 0.378 e. The van der Waals surface area contributed by atoms with Crippen molar-refractivity contribution < 1.29 is 9.53 Å². The molecule has 1 fully saturated rings. The van der Waals surface area contributed by atoms with E-state index in [1.165, 1.54) is 0 Å². The molecule has 1 aliphatic rings. The lowest BCUT2D eigenvalue weighted by Gasteiger charge is -2.17. The van der Waals surface area contributed by atoms with Gasteiger partial charge in [0, 0.05) is 36.2 Å². The Labute approximate surface area is 124 Å². The van der Waals surface area contributed by atoms with Crippen LogP contribution in [0.25, 0.3) is 10.9 Å². The van der Waals surface area contributed by atoms with Gasteiger partial charge in [0.05, 0.1) is 12.5 Å². The zero-order chi connectivity index (χ0) is 14.7. The third-order valence-electron chi connectivity index (χ3n) is 4.34. The van der Waals surface area contributed by atoms with Crippen molar-refractivity contribution in [3.63, 3.8) is 0 Å². The molecule has 0 spiro atoms. The molecule has 21 heavy (non-hydrogen) atoms. The molecule has 2 unspecified atom stereocenters. The number of hydrogen-bond acceptors (Lipinski definition) is 2. The number of para-hydroxylation sites is 1. The third-order valence-corrected chi connectivity index (χ3v) is 4.34. The van der Waals surface area contributed by atoms with Crippen LogP contribution in [0.4, 0.5) is 0 Å². The number of rotatable bonds is 5. The lowest BCUT2D eigenvalue weighted by molar-refractivity contribution is -0.120. The Morgan fingerprint density at radius 2 is 2.29 bits per heavy atom. The Bertz CT molecular complexity index is 620. The molecule has 4 nitrogen and oxygen atoms in total. The van der Waals surface area contributed by atoms with Gasteiger partial charge in [0.15, 0.2) is 0 Å². The number of benzene rings is 1. The van der Waals surface area contributed by atoms with E-state index in [1.807, 2.05) is 30.5 Å². The molecule has 1 aromatic heterocycles. The van der Waals surface area contributed by atoms with Crippen LogP contribution in [0.3, 0.4) is 0 Å².